The Morgan fingerprint density at radius 2 is 2.00 bits per heavy atom. The van der Waals surface area contributed by atoms with Gasteiger partial charge in [-0.2, -0.15) is 0 Å². The minimum absolute atomic E-state index is 0.139. The van der Waals surface area contributed by atoms with Crippen LogP contribution < -0.4 is 4.74 Å². The van der Waals surface area contributed by atoms with Crippen LogP contribution in [0.25, 0.3) is 0 Å². The first-order chi connectivity index (χ1) is 8.65. The smallest absolute Gasteiger partial charge is 0.335 e. The normalized spacial score (nSPS) is 10.1. The van der Waals surface area contributed by atoms with E-state index in [1.54, 1.807) is 24.5 Å². The first-order valence-electron chi connectivity index (χ1n) is 5.21. The summed E-state index contributed by atoms with van der Waals surface area (Å²) in [6, 6.07) is 6.90. The molecule has 0 amide bonds. The highest BCUT2D eigenvalue weighted by molar-refractivity contribution is 5.88. The van der Waals surface area contributed by atoms with Crippen LogP contribution in [-0.4, -0.2) is 16.1 Å². The molecule has 2 aromatic rings. The van der Waals surface area contributed by atoms with Gasteiger partial charge in [-0.15, -0.1) is 0 Å². The molecule has 0 bridgehead atoms. The van der Waals surface area contributed by atoms with E-state index in [1.807, 2.05) is 0 Å². The predicted octanol–water partition coefficient (Wildman–Crippen LogP) is 2.50. The molecule has 1 N–H and O–H groups in total. The van der Waals surface area contributed by atoms with Gasteiger partial charge in [-0.3, -0.25) is 4.98 Å². The lowest BCUT2D eigenvalue weighted by atomic mass is 10.2. The summed E-state index contributed by atoms with van der Waals surface area (Å²) in [5.74, 6) is -1.65. The van der Waals surface area contributed by atoms with Crippen LogP contribution in [0, 0.1) is 5.82 Å². The van der Waals surface area contributed by atoms with E-state index >= 15 is 0 Å². The van der Waals surface area contributed by atoms with Crippen molar-refractivity contribution in [2.75, 3.05) is 0 Å². The van der Waals surface area contributed by atoms with Crippen molar-refractivity contribution in [2.45, 2.75) is 6.61 Å². The van der Waals surface area contributed by atoms with Crippen molar-refractivity contribution >= 4 is 5.97 Å². The Kier molecular flexibility index (Phi) is 3.52. The third-order valence-electron chi connectivity index (χ3n) is 2.27. The molecule has 4 nitrogen and oxygen atoms in total. The number of carbonyl (C=O) groups is 1. The quantitative estimate of drug-likeness (QED) is 0.901. The molecule has 2 rings (SSSR count). The summed E-state index contributed by atoms with van der Waals surface area (Å²) in [7, 11) is 0. The summed E-state index contributed by atoms with van der Waals surface area (Å²) in [6.07, 6.45) is 3.24. The van der Waals surface area contributed by atoms with Crippen LogP contribution in [0.4, 0.5) is 4.39 Å². The van der Waals surface area contributed by atoms with Gasteiger partial charge in [0.25, 0.3) is 0 Å². The molecule has 18 heavy (non-hydrogen) atoms. The van der Waals surface area contributed by atoms with Gasteiger partial charge in [-0.25, -0.2) is 9.18 Å². The van der Waals surface area contributed by atoms with E-state index in [0.717, 1.165) is 17.7 Å². The summed E-state index contributed by atoms with van der Waals surface area (Å²) >= 11 is 0. The van der Waals surface area contributed by atoms with Crippen LogP contribution >= 0.6 is 0 Å². The molecule has 0 unspecified atom stereocenters. The molecule has 0 spiro atoms. The van der Waals surface area contributed by atoms with Gasteiger partial charge in [0.1, 0.15) is 18.2 Å². The second kappa shape index (κ2) is 5.27. The van der Waals surface area contributed by atoms with Gasteiger partial charge in [-0.1, -0.05) is 0 Å². The van der Waals surface area contributed by atoms with Crippen molar-refractivity contribution in [3.05, 3.63) is 59.7 Å². The number of pyridine rings is 1. The number of hydrogen-bond donors (Lipinski definition) is 1. The Morgan fingerprint density at radius 3 is 2.67 bits per heavy atom. The zero-order valence-corrected chi connectivity index (χ0v) is 9.34. The lowest BCUT2D eigenvalue weighted by Crippen LogP contribution is -2.00. The first kappa shape index (κ1) is 12.0. The maximum absolute atomic E-state index is 13.2. The molecule has 1 aromatic heterocycles. The largest absolute Gasteiger partial charge is 0.489 e. The number of nitrogens with zero attached hydrogens (tertiary/aromatic N) is 1. The van der Waals surface area contributed by atoms with E-state index in [-0.39, 0.29) is 17.9 Å². The third kappa shape index (κ3) is 3.04. The molecule has 0 atom stereocenters. The Bertz CT molecular complexity index is 557. The molecule has 1 heterocycles. The molecule has 0 aliphatic carbocycles. The van der Waals surface area contributed by atoms with Gasteiger partial charge >= 0.3 is 5.97 Å². The zero-order valence-electron chi connectivity index (χ0n) is 9.34. The fraction of sp³-hybridized carbons (Fsp3) is 0.0769. The lowest BCUT2D eigenvalue weighted by molar-refractivity contribution is 0.0695. The van der Waals surface area contributed by atoms with Gasteiger partial charge < -0.3 is 9.84 Å². The molecule has 0 radical (unpaired) electrons. The maximum Gasteiger partial charge on any atom is 0.335 e. The van der Waals surface area contributed by atoms with Crippen molar-refractivity contribution in [1.29, 1.82) is 0 Å². The molecular weight excluding hydrogens is 237 g/mol. The highest BCUT2D eigenvalue weighted by atomic mass is 19.1. The highest BCUT2D eigenvalue weighted by Gasteiger charge is 2.07. The summed E-state index contributed by atoms with van der Waals surface area (Å²) in [5, 5.41) is 8.79. The molecule has 92 valence electrons. The predicted molar refractivity (Wildman–Crippen MR) is 61.9 cm³/mol. The van der Waals surface area contributed by atoms with E-state index in [2.05, 4.69) is 4.98 Å². The number of aromatic nitrogens is 1. The standard InChI is InChI=1S/C13H10FNO3/c14-11-5-10(13(16)17)6-12(7-11)18-8-9-1-3-15-4-2-9/h1-7H,8H2,(H,16,17). The van der Waals surface area contributed by atoms with Crippen LogP contribution in [0.2, 0.25) is 0 Å². The number of aromatic carboxylic acids is 1. The van der Waals surface area contributed by atoms with Crippen molar-refractivity contribution in [3.8, 4) is 5.75 Å². The van der Waals surface area contributed by atoms with E-state index in [9.17, 15) is 9.18 Å². The Labute approximate surface area is 103 Å². The Hall–Kier alpha value is -2.43. The summed E-state index contributed by atoms with van der Waals surface area (Å²) in [6.45, 7) is 0.227. The van der Waals surface area contributed by atoms with Gasteiger partial charge in [0.2, 0.25) is 0 Å². The van der Waals surface area contributed by atoms with Gasteiger partial charge in [0.15, 0.2) is 0 Å². The van der Waals surface area contributed by atoms with Gasteiger partial charge in [0.05, 0.1) is 5.56 Å². The minimum atomic E-state index is -1.19. The maximum atomic E-state index is 13.2. The Balaban J connectivity index is 2.12. The second-order valence-electron chi connectivity index (χ2n) is 3.62. The summed E-state index contributed by atoms with van der Waals surface area (Å²) in [4.78, 5) is 14.6. The molecule has 0 aliphatic heterocycles. The van der Waals surface area contributed by atoms with Crippen molar-refractivity contribution < 1.29 is 19.0 Å². The van der Waals surface area contributed by atoms with Crippen LogP contribution in [0.5, 0.6) is 5.75 Å². The average Bonchev–Trinajstić information content (AvgIpc) is 2.37. The SMILES string of the molecule is O=C(O)c1cc(F)cc(OCc2ccncc2)c1. The highest BCUT2D eigenvalue weighted by Crippen LogP contribution is 2.17. The summed E-state index contributed by atoms with van der Waals surface area (Å²) < 4.78 is 18.5. The second-order valence-corrected chi connectivity index (χ2v) is 3.62. The van der Waals surface area contributed by atoms with Crippen LogP contribution in [0.15, 0.2) is 42.7 Å². The number of carboxylic acid groups (broad SMARTS) is 1. The molecule has 1 aromatic carbocycles. The minimum Gasteiger partial charge on any atom is -0.489 e. The van der Waals surface area contributed by atoms with Gasteiger partial charge in [0, 0.05) is 18.5 Å². The van der Waals surface area contributed by atoms with Crippen LogP contribution in [-0.2, 0) is 6.61 Å². The van der Waals surface area contributed by atoms with Crippen molar-refractivity contribution in [3.63, 3.8) is 0 Å². The van der Waals surface area contributed by atoms with E-state index in [0.29, 0.717) is 0 Å². The molecule has 0 aliphatic rings. The lowest BCUT2D eigenvalue weighted by Gasteiger charge is -2.07. The average molecular weight is 247 g/mol. The van der Waals surface area contributed by atoms with Crippen LogP contribution in [0.1, 0.15) is 15.9 Å². The number of hydrogen-bond acceptors (Lipinski definition) is 3. The van der Waals surface area contributed by atoms with E-state index in [1.165, 1.54) is 6.07 Å². The fourth-order valence-electron chi connectivity index (χ4n) is 1.42. The fourth-order valence-corrected chi connectivity index (χ4v) is 1.42. The monoisotopic (exact) mass is 247 g/mol. The number of benzene rings is 1. The van der Waals surface area contributed by atoms with E-state index < -0.39 is 11.8 Å². The van der Waals surface area contributed by atoms with Crippen molar-refractivity contribution in [1.82, 2.24) is 4.98 Å². The van der Waals surface area contributed by atoms with Gasteiger partial charge in [-0.05, 0) is 29.8 Å². The number of ether oxygens (including phenoxy) is 1. The topological polar surface area (TPSA) is 59.4 Å². The summed E-state index contributed by atoms with van der Waals surface area (Å²) in [5.41, 5.74) is 0.728. The molecule has 0 saturated carbocycles. The first-order valence-corrected chi connectivity index (χ1v) is 5.21. The number of rotatable bonds is 4. The van der Waals surface area contributed by atoms with Crippen LogP contribution in [0.3, 0.4) is 0 Å². The molecule has 5 heteroatoms. The molecular formula is C13H10FNO3. The molecule has 0 saturated heterocycles. The zero-order chi connectivity index (χ0) is 13.0. The molecule has 0 fully saturated rings. The Morgan fingerprint density at radius 1 is 1.28 bits per heavy atom. The third-order valence-corrected chi connectivity index (χ3v) is 2.27. The van der Waals surface area contributed by atoms with E-state index in [4.69, 9.17) is 9.84 Å². The number of halogens is 1. The van der Waals surface area contributed by atoms with Crippen molar-refractivity contribution in [2.24, 2.45) is 0 Å². The number of carboxylic acids is 1.